The van der Waals surface area contributed by atoms with Gasteiger partial charge in [0.1, 0.15) is 11.6 Å². The minimum absolute atomic E-state index is 0.164. The van der Waals surface area contributed by atoms with Gasteiger partial charge in [0.15, 0.2) is 0 Å². The number of nitrogens with zero attached hydrogens (tertiary/aromatic N) is 2. The van der Waals surface area contributed by atoms with Gasteiger partial charge in [0, 0.05) is 12.6 Å². The number of sulfonamides is 1. The van der Waals surface area contributed by atoms with Crippen LogP contribution in [0.15, 0.2) is 65.6 Å². The van der Waals surface area contributed by atoms with Crippen molar-refractivity contribution in [2.45, 2.75) is 24.5 Å². The van der Waals surface area contributed by atoms with Gasteiger partial charge >= 0.3 is 6.61 Å². The van der Waals surface area contributed by atoms with E-state index in [0.717, 1.165) is 11.6 Å². The summed E-state index contributed by atoms with van der Waals surface area (Å²) in [5.41, 5.74) is 2.72. The van der Waals surface area contributed by atoms with Crippen molar-refractivity contribution in [3.05, 3.63) is 72.0 Å². The molecular weight excluding hydrogens is 481 g/mol. The van der Waals surface area contributed by atoms with Crippen LogP contribution in [0.3, 0.4) is 0 Å². The van der Waals surface area contributed by atoms with Crippen LogP contribution in [0.2, 0.25) is 0 Å². The number of benzene rings is 3. The first-order chi connectivity index (χ1) is 16.7. The average molecular weight is 505 g/mol. The lowest BCUT2D eigenvalue weighted by Gasteiger charge is -2.46. The third-order valence-corrected chi connectivity index (χ3v) is 7.94. The molecular formula is C25H23F3N2O4S. The summed E-state index contributed by atoms with van der Waals surface area (Å²) in [5, 5.41) is 0. The van der Waals surface area contributed by atoms with Crippen LogP contribution < -0.4 is 13.9 Å². The van der Waals surface area contributed by atoms with Gasteiger partial charge in [-0.25, -0.2) is 12.8 Å². The van der Waals surface area contributed by atoms with E-state index < -0.39 is 22.5 Å². The molecule has 0 amide bonds. The summed E-state index contributed by atoms with van der Waals surface area (Å²) in [7, 11) is -3.93. The Morgan fingerprint density at radius 3 is 2.63 bits per heavy atom. The van der Waals surface area contributed by atoms with Gasteiger partial charge in [-0.2, -0.15) is 8.78 Å². The summed E-state index contributed by atoms with van der Waals surface area (Å²) in [6.07, 6.45) is 0. The first-order valence-corrected chi connectivity index (χ1v) is 12.5. The Bertz CT molecular complexity index is 1370. The van der Waals surface area contributed by atoms with E-state index in [4.69, 9.17) is 4.74 Å². The van der Waals surface area contributed by atoms with Gasteiger partial charge in [-0.05, 0) is 60.0 Å². The summed E-state index contributed by atoms with van der Waals surface area (Å²) in [6.45, 7) is 0.402. The van der Waals surface area contributed by atoms with E-state index in [0.29, 0.717) is 42.3 Å². The number of fused-ring (bicyclic) bond motifs is 3. The lowest BCUT2D eigenvalue weighted by atomic mass is 10.0. The second kappa shape index (κ2) is 9.09. The summed E-state index contributed by atoms with van der Waals surface area (Å²) in [4.78, 5) is 2.28. The van der Waals surface area contributed by atoms with E-state index >= 15 is 0 Å². The minimum Gasteiger partial charge on any atom is -0.435 e. The second-order valence-corrected chi connectivity index (χ2v) is 10.4. The molecule has 0 N–H and O–H groups in total. The molecule has 2 aliphatic heterocycles. The average Bonchev–Trinajstić information content (AvgIpc) is 2.82. The van der Waals surface area contributed by atoms with Gasteiger partial charge in [-0.1, -0.05) is 18.2 Å². The number of hydrogen-bond donors (Lipinski definition) is 0. The lowest BCUT2D eigenvalue weighted by Crippen LogP contribution is -2.56. The fourth-order valence-corrected chi connectivity index (χ4v) is 6.20. The van der Waals surface area contributed by atoms with Crippen LogP contribution in [-0.2, 0) is 14.8 Å². The molecule has 3 aromatic rings. The molecule has 2 aliphatic rings. The van der Waals surface area contributed by atoms with Crippen molar-refractivity contribution in [1.29, 1.82) is 0 Å². The van der Waals surface area contributed by atoms with Crippen LogP contribution in [0.4, 0.5) is 24.5 Å². The highest BCUT2D eigenvalue weighted by atomic mass is 32.2. The molecule has 1 fully saturated rings. The second-order valence-electron chi connectivity index (χ2n) is 8.53. The van der Waals surface area contributed by atoms with Crippen LogP contribution >= 0.6 is 0 Å². The van der Waals surface area contributed by atoms with Crippen molar-refractivity contribution >= 4 is 21.4 Å². The Morgan fingerprint density at radius 1 is 1.03 bits per heavy atom. The molecule has 0 bridgehead atoms. The Balaban J connectivity index is 1.64. The molecule has 35 heavy (non-hydrogen) atoms. The van der Waals surface area contributed by atoms with E-state index in [1.165, 1.54) is 16.4 Å². The third-order valence-electron chi connectivity index (χ3n) is 6.16. The molecule has 0 aliphatic carbocycles. The Kier molecular flexibility index (Phi) is 6.10. The zero-order valence-corrected chi connectivity index (χ0v) is 19.6. The monoisotopic (exact) mass is 504 g/mol. The molecule has 0 unspecified atom stereocenters. The molecule has 10 heteroatoms. The topological polar surface area (TPSA) is 59.1 Å². The van der Waals surface area contributed by atoms with E-state index in [1.807, 2.05) is 13.0 Å². The zero-order chi connectivity index (χ0) is 24.7. The highest BCUT2D eigenvalue weighted by molar-refractivity contribution is 7.92. The smallest absolute Gasteiger partial charge is 0.387 e. The molecule has 0 spiro atoms. The van der Waals surface area contributed by atoms with E-state index in [2.05, 4.69) is 9.64 Å². The highest BCUT2D eigenvalue weighted by Gasteiger charge is 2.39. The summed E-state index contributed by atoms with van der Waals surface area (Å²) >= 11 is 0. The summed E-state index contributed by atoms with van der Waals surface area (Å²) in [6, 6.07) is 15.0. The number of alkyl halides is 2. The number of halogens is 3. The molecule has 0 aromatic heterocycles. The maximum absolute atomic E-state index is 14.2. The first kappa shape index (κ1) is 23.5. The molecule has 6 nitrogen and oxygen atoms in total. The maximum atomic E-state index is 14.2. The predicted octanol–water partition coefficient (Wildman–Crippen LogP) is 4.82. The number of anilines is 2. The number of aryl methyl sites for hydroxylation is 1. The van der Waals surface area contributed by atoms with Crippen LogP contribution in [0.25, 0.3) is 11.1 Å². The zero-order valence-electron chi connectivity index (χ0n) is 18.8. The standard InChI is InChI=1S/C25H23F3N2O4S/c1-16-3-2-4-22(9-16)35(31,32)30-14-20-15-33-8-7-29(20)23-6-5-17(12-24(23)30)18-10-19(26)13-21(11-18)34-25(27)28/h2-6,9-13,20,25H,7-8,14-15H2,1H3/t20-/m0/s1. The van der Waals surface area contributed by atoms with Crippen molar-refractivity contribution in [2.75, 3.05) is 35.5 Å². The van der Waals surface area contributed by atoms with E-state index in [1.54, 1.807) is 36.4 Å². The van der Waals surface area contributed by atoms with Crippen LogP contribution in [-0.4, -0.2) is 47.4 Å². The number of ether oxygens (including phenoxy) is 2. The Morgan fingerprint density at radius 2 is 1.86 bits per heavy atom. The van der Waals surface area contributed by atoms with Gasteiger partial charge in [0.2, 0.25) is 0 Å². The van der Waals surface area contributed by atoms with Gasteiger partial charge in [0.25, 0.3) is 10.0 Å². The van der Waals surface area contributed by atoms with Crippen molar-refractivity contribution in [1.82, 2.24) is 0 Å². The van der Waals surface area contributed by atoms with Crippen LogP contribution in [0.5, 0.6) is 5.75 Å². The molecule has 3 aromatic carbocycles. The molecule has 0 saturated carbocycles. The Labute approximate surface area is 201 Å². The fraction of sp³-hybridized carbons (Fsp3) is 0.280. The number of morpholine rings is 1. The van der Waals surface area contributed by atoms with Crippen molar-refractivity contribution < 1.29 is 31.1 Å². The van der Waals surface area contributed by atoms with Gasteiger partial charge in [0.05, 0.1) is 42.1 Å². The van der Waals surface area contributed by atoms with Gasteiger partial charge in [-0.15, -0.1) is 0 Å². The highest BCUT2D eigenvalue weighted by Crippen LogP contribution is 2.42. The first-order valence-electron chi connectivity index (χ1n) is 11.1. The minimum atomic E-state index is -3.93. The number of rotatable bonds is 5. The molecule has 0 radical (unpaired) electrons. The largest absolute Gasteiger partial charge is 0.435 e. The molecule has 1 saturated heterocycles. The maximum Gasteiger partial charge on any atom is 0.387 e. The van der Waals surface area contributed by atoms with E-state index in [-0.39, 0.29) is 23.2 Å². The normalized spacial score (nSPS) is 17.8. The summed E-state index contributed by atoms with van der Waals surface area (Å²) < 4.78 is 78.5. The van der Waals surface area contributed by atoms with Gasteiger partial charge in [-0.3, -0.25) is 4.31 Å². The molecule has 1 atom stereocenters. The molecule has 5 rings (SSSR count). The molecule has 184 valence electrons. The number of hydrogen-bond acceptors (Lipinski definition) is 5. The third kappa shape index (κ3) is 4.55. The van der Waals surface area contributed by atoms with Crippen molar-refractivity contribution in [3.8, 4) is 16.9 Å². The molecule has 2 heterocycles. The van der Waals surface area contributed by atoms with Crippen molar-refractivity contribution in [3.63, 3.8) is 0 Å². The quantitative estimate of drug-likeness (QED) is 0.499. The fourth-order valence-electron chi connectivity index (χ4n) is 4.59. The predicted molar refractivity (Wildman–Crippen MR) is 126 cm³/mol. The van der Waals surface area contributed by atoms with Crippen LogP contribution in [0, 0.1) is 12.7 Å². The van der Waals surface area contributed by atoms with Crippen molar-refractivity contribution in [2.24, 2.45) is 0 Å². The Hall–Kier alpha value is -3.24. The summed E-state index contributed by atoms with van der Waals surface area (Å²) in [5.74, 6) is -1.06. The van der Waals surface area contributed by atoms with Crippen LogP contribution in [0.1, 0.15) is 5.56 Å². The van der Waals surface area contributed by atoms with Gasteiger partial charge < -0.3 is 14.4 Å². The SMILES string of the molecule is Cc1cccc(S(=O)(=O)N2C[C@H]3COCCN3c3ccc(-c4cc(F)cc(OC(F)F)c4)cc32)c1. The lowest BCUT2D eigenvalue weighted by molar-refractivity contribution is -0.0499. The van der Waals surface area contributed by atoms with E-state index in [9.17, 15) is 21.6 Å².